The van der Waals surface area contributed by atoms with Crippen LogP contribution in [-0.2, 0) is 0 Å². The summed E-state index contributed by atoms with van der Waals surface area (Å²) in [6, 6.07) is 9.71. The topological polar surface area (TPSA) is 9.23 Å². The largest absolute Gasteiger partial charge is 0.457 e. The summed E-state index contributed by atoms with van der Waals surface area (Å²) in [5.41, 5.74) is 1.19. The van der Waals surface area contributed by atoms with Crippen molar-refractivity contribution in [2.45, 2.75) is 13.8 Å². The Morgan fingerprint density at radius 1 is 1.20 bits per heavy atom. The summed E-state index contributed by atoms with van der Waals surface area (Å²) >= 11 is 0. The molecule has 0 fully saturated rings. The number of hydrogen-bond acceptors (Lipinski definition) is 1. The number of allylic oxidation sites excluding steroid dienone is 4. The molecule has 0 aliphatic heterocycles. The van der Waals surface area contributed by atoms with Gasteiger partial charge in [0.25, 0.3) is 0 Å². The number of rotatable bonds is 4. The van der Waals surface area contributed by atoms with Crippen LogP contribution in [0.2, 0.25) is 0 Å². The normalized spacial score (nSPS) is 10.7. The van der Waals surface area contributed by atoms with E-state index in [1.54, 1.807) is 6.08 Å². The zero-order valence-corrected chi connectivity index (χ0v) is 9.23. The predicted octanol–water partition coefficient (Wildman–Crippen LogP) is 4.10. The molecule has 0 aliphatic rings. The van der Waals surface area contributed by atoms with Gasteiger partial charge in [-0.1, -0.05) is 36.4 Å². The third kappa shape index (κ3) is 4.32. The first-order valence-electron chi connectivity index (χ1n) is 4.93. The van der Waals surface area contributed by atoms with E-state index in [1.807, 2.05) is 56.3 Å². The molecule has 78 valence electrons. The Kier molecular flexibility index (Phi) is 4.42. The third-order valence-electron chi connectivity index (χ3n) is 1.69. The Morgan fingerprint density at radius 3 is 2.40 bits per heavy atom. The van der Waals surface area contributed by atoms with Crippen molar-refractivity contribution in [1.82, 2.24) is 0 Å². The molecule has 0 saturated carbocycles. The number of benzene rings is 1. The molecule has 0 spiro atoms. The van der Waals surface area contributed by atoms with E-state index < -0.39 is 0 Å². The van der Waals surface area contributed by atoms with Crippen LogP contribution >= 0.6 is 0 Å². The van der Waals surface area contributed by atoms with Crippen LogP contribution in [0.1, 0.15) is 13.8 Å². The van der Waals surface area contributed by atoms with E-state index in [2.05, 4.69) is 6.58 Å². The standard InChI is InChI=1S/C14H16O/c1-4-8-14(11-12(2)3)15-13-9-6-5-7-10-13/h4-11H,1H2,2-3H3/b14-8+. The average molecular weight is 200 g/mol. The summed E-state index contributed by atoms with van der Waals surface area (Å²) < 4.78 is 5.68. The molecule has 0 aromatic heterocycles. The van der Waals surface area contributed by atoms with E-state index in [0.29, 0.717) is 0 Å². The van der Waals surface area contributed by atoms with Crippen molar-refractivity contribution in [3.8, 4) is 5.75 Å². The molecule has 1 nitrogen and oxygen atoms in total. The summed E-state index contributed by atoms with van der Waals surface area (Å²) in [6.45, 7) is 7.73. The summed E-state index contributed by atoms with van der Waals surface area (Å²) in [5.74, 6) is 1.64. The molecular weight excluding hydrogens is 184 g/mol. The van der Waals surface area contributed by atoms with E-state index in [0.717, 1.165) is 11.5 Å². The van der Waals surface area contributed by atoms with Crippen LogP contribution in [0.5, 0.6) is 5.75 Å². The van der Waals surface area contributed by atoms with Crippen molar-refractivity contribution in [3.05, 3.63) is 66.5 Å². The maximum absolute atomic E-state index is 5.68. The zero-order chi connectivity index (χ0) is 11.1. The van der Waals surface area contributed by atoms with Crippen LogP contribution in [0, 0.1) is 0 Å². The van der Waals surface area contributed by atoms with Gasteiger partial charge in [-0.15, -0.1) is 0 Å². The fourth-order valence-corrected chi connectivity index (χ4v) is 1.14. The molecule has 1 rings (SSSR count). The highest BCUT2D eigenvalue weighted by Crippen LogP contribution is 2.14. The molecule has 0 heterocycles. The van der Waals surface area contributed by atoms with Crippen LogP contribution in [-0.4, -0.2) is 0 Å². The molecule has 0 unspecified atom stereocenters. The first-order chi connectivity index (χ1) is 7.22. The Balaban J connectivity index is 2.81. The van der Waals surface area contributed by atoms with Crippen molar-refractivity contribution in [1.29, 1.82) is 0 Å². The van der Waals surface area contributed by atoms with Gasteiger partial charge in [-0.2, -0.15) is 0 Å². The number of ether oxygens (including phenoxy) is 1. The molecule has 0 aliphatic carbocycles. The lowest BCUT2D eigenvalue weighted by Gasteiger charge is -2.06. The summed E-state index contributed by atoms with van der Waals surface area (Å²) in [7, 11) is 0. The highest BCUT2D eigenvalue weighted by Gasteiger charge is 1.95. The molecule has 15 heavy (non-hydrogen) atoms. The van der Waals surface area contributed by atoms with Crippen LogP contribution < -0.4 is 4.74 Å². The number of para-hydroxylation sites is 1. The summed E-state index contributed by atoms with van der Waals surface area (Å²) in [5, 5.41) is 0. The van der Waals surface area contributed by atoms with Crippen molar-refractivity contribution in [2.24, 2.45) is 0 Å². The van der Waals surface area contributed by atoms with Crippen molar-refractivity contribution in [2.75, 3.05) is 0 Å². The summed E-state index contributed by atoms with van der Waals surface area (Å²) in [4.78, 5) is 0. The molecule has 0 amide bonds. The van der Waals surface area contributed by atoms with Gasteiger partial charge in [0.15, 0.2) is 0 Å². The van der Waals surface area contributed by atoms with Crippen molar-refractivity contribution in [3.63, 3.8) is 0 Å². The molecular formula is C14H16O. The number of hydrogen-bond donors (Lipinski definition) is 0. The van der Waals surface area contributed by atoms with Crippen molar-refractivity contribution < 1.29 is 4.74 Å². The minimum atomic E-state index is 0.802. The first kappa shape index (κ1) is 11.3. The molecule has 1 aromatic carbocycles. The van der Waals surface area contributed by atoms with Gasteiger partial charge in [0.2, 0.25) is 0 Å². The van der Waals surface area contributed by atoms with Crippen LogP contribution in [0.15, 0.2) is 66.5 Å². The lowest BCUT2D eigenvalue weighted by Crippen LogP contribution is -1.92. The lowest BCUT2D eigenvalue weighted by molar-refractivity contribution is 0.444. The molecule has 1 aromatic rings. The fourth-order valence-electron chi connectivity index (χ4n) is 1.14. The zero-order valence-electron chi connectivity index (χ0n) is 9.23. The maximum Gasteiger partial charge on any atom is 0.127 e. The second kappa shape index (κ2) is 5.86. The van der Waals surface area contributed by atoms with Gasteiger partial charge < -0.3 is 4.74 Å². The van der Waals surface area contributed by atoms with E-state index in [9.17, 15) is 0 Å². The molecule has 0 atom stereocenters. The SMILES string of the molecule is C=C/C=C(\C=C(C)C)Oc1ccccc1. The van der Waals surface area contributed by atoms with Crippen LogP contribution in [0.25, 0.3) is 0 Å². The minimum absolute atomic E-state index is 0.802. The van der Waals surface area contributed by atoms with Crippen LogP contribution in [0.4, 0.5) is 0 Å². The second-order valence-electron chi connectivity index (χ2n) is 3.44. The highest BCUT2D eigenvalue weighted by molar-refractivity contribution is 5.28. The molecule has 0 saturated heterocycles. The van der Waals surface area contributed by atoms with Gasteiger partial charge >= 0.3 is 0 Å². The van der Waals surface area contributed by atoms with E-state index >= 15 is 0 Å². The van der Waals surface area contributed by atoms with E-state index in [-0.39, 0.29) is 0 Å². The quantitative estimate of drug-likeness (QED) is 0.525. The Bertz CT molecular complexity index is 368. The van der Waals surface area contributed by atoms with Gasteiger partial charge in [-0.3, -0.25) is 0 Å². The molecule has 0 N–H and O–H groups in total. The smallest absolute Gasteiger partial charge is 0.127 e. The summed E-state index contributed by atoms with van der Waals surface area (Å²) in [6.07, 6.45) is 5.55. The second-order valence-corrected chi connectivity index (χ2v) is 3.44. The van der Waals surface area contributed by atoms with Gasteiger partial charge in [0, 0.05) is 0 Å². The first-order valence-corrected chi connectivity index (χ1v) is 4.93. The minimum Gasteiger partial charge on any atom is -0.457 e. The van der Waals surface area contributed by atoms with Crippen LogP contribution in [0.3, 0.4) is 0 Å². The highest BCUT2D eigenvalue weighted by atomic mass is 16.5. The van der Waals surface area contributed by atoms with Crippen molar-refractivity contribution >= 4 is 0 Å². The predicted molar refractivity (Wildman–Crippen MR) is 64.8 cm³/mol. The average Bonchev–Trinajstić information content (AvgIpc) is 2.18. The Labute approximate surface area is 91.4 Å². The molecule has 0 bridgehead atoms. The van der Waals surface area contributed by atoms with E-state index in [4.69, 9.17) is 4.74 Å². The molecule has 1 heteroatoms. The lowest BCUT2D eigenvalue weighted by atomic mass is 10.3. The third-order valence-corrected chi connectivity index (χ3v) is 1.69. The van der Waals surface area contributed by atoms with Gasteiger partial charge in [-0.25, -0.2) is 0 Å². The fraction of sp³-hybridized carbons (Fsp3) is 0.143. The van der Waals surface area contributed by atoms with Gasteiger partial charge in [-0.05, 0) is 38.1 Å². The Morgan fingerprint density at radius 2 is 1.87 bits per heavy atom. The Hall–Kier alpha value is -1.76. The van der Waals surface area contributed by atoms with Gasteiger partial charge in [0.1, 0.15) is 11.5 Å². The monoisotopic (exact) mass is 200 g/mol. The maximum atomic E-state index is 5.68. The van der Waals surface area contributed by atoms with E-state index in [1.165, 1.54) is 5.57 Å². The molecule has 0 radical (unpaired) electrons. The van der Waals surface area contributed by atoms with Gasteiger partial charge in [0.05, 0.1) is 0 Å².